The summed E-state index contributed by atoms with van der Waals surface area (Å²) >= 11 is 1.72. The molecule has 0 fully saturated rings. The SMILES string of the molecule is COc1ccc(C(=O)N(C)Cc2ccc(C)s2)cc1-c1ccccc1. The van der Waals surface area contributed by atoms with Crippen molar-refractivity contribution >= 4 is 17.2 Å². The Morgan fingerprint density at radius 1 is 1.08 bits per heavy atom. The molecule has 1 heterocycles. The molecule has 0 aliphatic heterocycles. The highest BCUT2D eigenvalue weighted by Crippen LogP contribution is 2.31. The number of carbonyl (C=O) groups excluding carboxylic acids is 1. The molecular formula is C21H21NO2S. The summed E-state index contributed by atoms with van der Waals surface area (Å²) in [7, 11) is 3.48. The maximum Gasteiger partial charge on any atom is 0.253 e. The maximum absolute atomic E-state index is 12.8. The van der Waals surface area contributed by atoms with E-state index in [9.17, 15) is 4.79 Å². The van der Waals surface area contributed by atoms with Crippen LogP contribution < -0.4 is 4.74 Å². The normalized spacial score (nSPS) is 10.5. The molecule has 0 saturated heterocycles. The molecule has 0 unspecified atom stereocenters. The van der Waals surface area contributed by atoms with Gasteiger partial charge in [-0.2, -0.15) is 0 Å². The van der Waals surface area contributed by atoms with Crippen LogP contribution in [0.2, 0.25) is 0 Å². The average Bonchev–Trinajstić information content (AvgIpc) is 3.06. The molecule has 1 amide bonds. The number of amides is 1. The highest BCUT2D eigenvalue weighted by atomic mass is 32.1. The van der Waals surface area contributed by atoms with Crippen molar-refractivity contribution in [1.29, 1.82) is 0 Å². The molecule has 2 aromatic carbocycles. The molecule has 4 heteroatoms. The summed E-state index contributed by atoms with van der Waals surface area (Å²) in [5, 5.41) is 0. The van der Waals surface area contributed by atoms with Crippen LogP contribution in [0.1, 0.15) is 20.1 Å². The Morgan fingerprint density at radius 2 is 1.84 bits per heavy atom. The molecule has 0 saturated carbocycles. The van der Waals surface area contributed by atoms with Gasteiger partial charge in [-0.1, -0.05) is 30.3 Å². The van der Waals surface area contributed by atoms with Crippen molar-refractivity contribution in [3.05, 3.63) is 76.0 Å². The lowest BCUT2D eigenvalue weighted by molar-refractivity contribution is 0.0786. The summed E-state index contributed by atoms with van der Waals surface area (Å²) in [6.45, 7) is 2.69. The van der Waals surface area contributed by atoms with Crippen LogP contribution in [0.25, 0.3) is 11.1 Å². The zero-order valence-electron chi connectivity index (χ0n) is 14.7. The first-order valence-electron chi connectivity index (χ1n) is 8.12. The molecular weight excluding hydrogens is 330 g/mol. The molecule has 3 rings (SSSR count). The van der Waals surface area contributed by atoms with Crippen molar-refractivity contribution in [3.8, 4) is 16.9 Å². The second kappa shape index (κ2) is 7.53. The van der Waals surface area contributed by atoms with Crippen LogP contribution >= 0.6 is 11.3 Å². The number of thiophene rings is 1. The quantitative estimate of drug-likeness (QED) is 0.647. The van der Waals surface area contributed by atoms with Gasteiger partial charge in [-0.15, -0.1) is 11.3 Å². The van der Waals surface area contributed by atoms with Crippen molar-refractivity contribution in [2.75, 3.05) is 14.2 Å². The molecule has 0 radical (unpaired) electrons. The number of benzene rings is 2. The third-order valence-corrected chi connectivity index (χ3v) is 5.05. The van der Waals surface area contributed by atoms with E-state index in [1.54, 1.807) is 23.3 Å². The van der Waals surface area contributed by atoms with Gasteiger partial charge >= 0.3 is 0 Å². The van der Waals surface area contributed by atoms with Gasteiger partial charge < -0.3 is 9.64 Å². The van der Waals surface area contributed by atoms with E-state index in [2.05, 4.69) is 19.1 Å². The first kappa shape index (κ1) is 17.2. The van der Waals surface area contributed by atoms with Gasteiger partial charge in [0.1, 0.15) is 5.75 Å². The fourth-order valence-electron chi connectivity index (χ4n) is 2.78. The third kappa shape index (κ3) is 3.91. The lowest BCUT2D eigenvalue weighted by Gasteiger charge is -2.18. The van der Waals surface area contributed by atoms with Crippen LogP contribution in [0.4, 0.5) is 0 Å². The second-order valence-electron chi connectivity index (χ2n) is 5.95. The van der Waals surface area contributed by atoms with Crippen LogP contribution in [-0.4, -0.2) is 25.0 Å². The molecule has 0 spiro atoms. The van der Waals surface area contributed by atoms with Crippen molar-refractivity contribution < 1.29 is 9.53 Å². The Labute approximate surface area is 152 Å². The van der Waals surface area contributed by atoms with Crippen LogP contribution in [0.5, 0.6) is 5.75 Å². The molecule has 0 aliphatic rings. The molecule has 0 aliphatic carbocycles. The van der Waals surface area contributed by atoms with Gasteiger partial charge in [0, 0.05) is 27.9 Å². The number of hydrogen-bond donors (Lipinski definition) is 0. The van der Waals surface area contributed by atoms with Crippen molar-refractivity contribution in [1.82, 2.24) is 4.90 Å². The fraction of sp³-hybridized carbons (Fsp3) is 0.190. The molecule has 0 bridgehead atoms. The van der Waals surface area contributed by atoms with Gasteiger partial charge in [-0.3, -0.25) is 4.79 Å². The molecule has 3 nitrogen and oxygen atoms in total. The summed E-state index contributed by atoms with van der Waals surface area (Å²) in [6.07, 6.45) is 0. The molecule has 0 N–H and O–H groups in total. The monoisotopic (exact) mass is 351 g/mol. The highest BCUT2D eigenvalue weighted by Gasteiger charge is 2.16. The van der Waals surface area contributed by atoms with Crippen LogP contribution in [-0.2, 0) is 6.54 Å². The lowest BCUT2D eigenvalue weighted by Crippen LogP contribution is -2.25. The van der Waals surface area contributed by atoms with E-state index >= 15 is 0 Å². The second-order valence-corrected chi connectivity index (χ2v) is 7.33. The number of methoxy groups -OCH3 is 1. The van der Waals surface area contributed by atoms with Crippen LogP contribution in [0.3, 0.4) is 0 Å². The van der Waals surface area contributed by atoms with E-state index in [1.165, 1.54) is 9.75 Å². The topological polar surface area (TPSA) is 29.5 Å². The molecule has 25 heavy (non-hydrogen) atoms. The van der Waals surface area contributed by atoms with Gasteiger partial charge in [0.05, 0.1) is 13.7 Å². The summed E-state index contributed by atoms with van der Waals surface area (Å²) < 4.78 is 5.47. The standard InChI is InChI=1S/C21H21NO2S/c1-15-9-11-18(25-15)14-22(2)21(23)17-10-12-20(24-3)19(13-17)16-7-5-4-6-8-16/h4-13H,14H2,1-3H3. The van der Waals surface area contributed by atoms with E-state index in [4.69, 9.17) is 4.74 Å². The smallest absolute Gasteiger partial charge is 0.253 e. The summed E-state index contributed by atoms with van der Waals surface area (Å²) in [4.78, 5) is 17.0. The van der Waals surface area contributed by atoms with Gasteiger partial charge in [-0.05, 0) is 42.8 Å². The number of nitrogens with zero attached hydrogens (tertiary/aromatic N) is 1. The average molecular weight is 351 g/mol. The maximum atomic E-state index is 12.8. The minimum absolute atomic E-state index is 0.00545. The predicted octanol–water partition coefficient (Wildman–Crippen LogP) is 5.00. The number of ether oxygens (including phenoxy) is 1. The molecule has 0 atom stereocenters. The van der Waals surface area contributed by atoms with Gasteiger partial charge in [0.25, 0.3) is 5.91 Å². The van der Waals surface area contributed by atoms with Crippen molar-refractivity contribution in [2.24, 2.45) is 0 Å². The fourth-order valence-corrected chi connectivity index (χ4v) is 3.72. The first-order valence-corrected chi connectivity index (χ1v) is 8.94. The highest BCUT2D eigenvalue weighted by molar-refractivity contribution is 7.11. The predicted molar refractivity (Wildman–Crippen MR) is 103 cm³/mol. The number of carbonyl (C=O) groups is 1. The van der Waals surface area contributed by atoms with Crippen molar-refractivity contribution in [2.45, 2.75) is 13.5 Å². The first-order chi connectivity index (χ1) is 12.1. The Morgan fingerprint density at radius 3 is 2.48 bits per heavy atom. The zero-order valence-corrected chi connectivity index (χ0v) is 15.5. The van der Waals surface area contributed by atoms with E-state index in [1.807, 2.05) is 55.6 Å². The summed E-state index contributed by atoms with van der Waals surface area (Å²) in [6, 6.07) is 19.7. The number of hydrogen-bond acceptors (Lipinski definition) is 3. The van der Waals surface area contributed by atoms with E-state index < -0.39 is 0 Å². The zero-order chi connectivity index (χ0) is 17.8. The minimum Gasteiger partial charge on any atom is -0.496 e. The largest absolute Gasteiger partial charge is 0.496 e. The Bertz CT molecular complexity index is 871. The molecule has 128 valence electrons. The van der Waals surface area contributed by atoms with Crippen molar-refractivity contribution in [3.63, 3.8) is 0 Å². The van der Waals surface area contributed by atoms with Gasteiger partial charge in [0.2, 0.25) is 0 Å². The minimum atomic E-state index is 0.00545. The Hall–Kier alpha value is -2.59. The van der Waals surface area contributed by atoms with E-state index in [0.29, 0.717) is 12.1 Å². The summed E-state index contributed by atoms with van der Waals surface area (Å²) in [5.41, 5.74) is 2.62. The Balaban J connectivity index is 1.87. The van der Waals surface area contributed by atoms with Crippen LogP contribution in [0, 0.1) is 6.92 Å². The molecule has 3 aromatic rings. The number of rotatable bonds is 5. The number of aryl methyl sites for hydroxylation is 1. The Kier molecular flexibility index (Phi) is 5.19. The summed E-state index contributed by atoms with van der Waals surface area (Å²) in [5.74, 6) is 0.769. The van der Waals surface area contributed by atoms with E-state index in [-0.39, 0.29) is 5.91 Å². The lowest BCUT2D eigenvalue weighted by atomic mass is 10.0. The third-order valence-electron chi connectivity index (χ3n) is 4.07. The molecule has 1 aromatic heterocycles. The van der Waals surface area contributed by atoms with Gasteiger partial charge in [-0.25, -0.2) is 0 Å². The van der Waals surface area contributed by atoms with E-state index in [0.717, 1.165) is 16.9 Å². The van der Waals surface area contributed by atoms with Crippen LogP contribution in [0.15, 0.2) is 60.7 Å². The van der Waals surface area contributed by atoms with Gasteiger partial charge in [0.15, 0.2) is 0 Å².